The first kappa shape index (κ1) is 17.9. The van der Waals surface area contributed by atoms with Crippen molar-refractivity contribution in [3.8, 4) is 5.13 Å². The van der Waals surface area contributed by atoms with E-state index in [1.54, 1.807) is 23.6 Å². The summed E-state index contributed by atoms with van der Waals surface area (Å²) in [5.41, 5.74) is 2.69. The van der Waals surface area contributed by atoms with Crippen LogP contribution in [0.2, 0.25) is 5.02 Å². The molecule has 5 rings (SSSR count). The zero-order valence-electron chi connectivity index (χ0n) is 15.4. The number of nitrogens with one attached hydrogen (secondary N) is 2. The molecule has 0 unspecified atom stereocenters. The van der Waals surface area contributed by atoms with Gasteiger partial charge in [0.05, 0.1) is 16.8 Å². The summed E-state index contributed by atoms with van der Waals surface area (Å²) >= 11 is 7.42. The minimum Gasteiger partial charge on any atom is -0.307 e. The Labute approximate surface area is 173 Å². The first-order chi connectivity index (χ1) is 14.0. The third-order valence-electron chi connectivity index (χ3n) is 5.01. The Morgan fingerprint density at radius 3 is 2.62 bits per heavy atom. The first-order valence-electron chi connectivity index (χ1n) is 9.02. The number of hydrogen-bond donors (Lipinski definition) is 1. The molecule has 144 valence electrons. The maximum atomic E-state index is 13.2. The van der Waals surface area contributed by atoms with Crippen molar-refractivity contribution in [3.63, 3.8) is 0 Å². The lowest BCUT2D eigenvalue weighted by molar-refractivity contribution is -0.334. The standard InChI is InChI=1S/C21H15ClN4O2S/c1-12-19-16(10-18(27)25(12)11-13-6-8-14(22)9-7-13)24-26(20(19)28)21-23-15-4-2-3-5-17(15)29-21/h2-10,24H,11H2,1H3/p+1. The van der Waals surface area contributed by atoms with E-state index in [0.29, 0.717) is 33.3 Å². The minimum atomic E-state index is -0.190. The van der Waals surface area contributed by atoms with Crippen molar-refractivity contribution < 1.29 is 4.98 Å². The van der Waals surface area contributed by atoms with E-state index in [1.165, 1.54) is 22.1 Å². The molecule has 8 heteroatoms. The molecule has 3 aromatic heterocycles. The maximum absolute atomic E-state index is 13.2. The number of thiazole rings is 1. The smallest absolute Gasteiger partial charge is 0.307 e. The van der Waals surface area contributed by atoms with Gasteiger partial charge in [-0.05, 0) is 48.1 Å². The number of aromatic nitrogens is 4. The van der Waals surface area contributed by atoms with Gasteiger partial charge in [-0.15, -0.1) is 0 Å². The van der Waals surface area contributed by atoms with Crippen molar-refractivity contribution >= 4 is 44.1 Å². The number of aromatic amines is 2. The summed E-state index contributed by atoms with van der Waals surface area (Å²) in [6, 6.07) is 16.7. The lowest BCUT2D eigenvalue weighted by atomic mass is 10.2. The predicted molar refractivity (Wildman–Crippen MR) is 115 cm³/mol. The number of nitrogens with zero attached hydrogens (tertiary/aromatic N) is 2. The Balaban J connectivity index is 1.67. The molecule has 0 aliphatic rings. The number of halogens is 1. The van der Waals surface area contributed by atoms with Crippen LogP contribution in [-0.2, 0) is 6.54 Å². The van der Waals surface area contributed by atoms with E-state index in [0.717, 1.165) is 15.8 Å². The quantitative estimate of drug-likeness (QED) is 0.482. The van der Waals surface area contributed by atoms with E-state index in [-0.39, 0.29) is 11.1 Å². The Hall–Kier alpha value is -3.16. The fraction of sp³-hybridized carbons (Fsp3) is 0.0952. The number of benzene rings is 2. The van der Waals surface area contributed by atoms with E-state index >= 15 is 0 Å². The van der Waals surface area contributed by atoms with Crippen LogP contribution in [0.5, 0.6) is 0 Å². The molecule has 0 radical (unpaired) electrons. The van der Waals surface area contributed by atoms with Gasteiger partial charge in [-0.25, -0.2) is 14.9 Å². The molecule has 2 aromatic carbocycles. The second-order valence-corrected chi connectivity index (χ2v) is 8.32. The number of aryl methyl sites for hydroxylation is 1. The lowest BCUT2D eigenvalue weighted by Gasteiger charge is -2.10. The average Bonchev–Trinajstić information content (AvgIpc) is 3.27. The molecular weight excluding hydrogens is 408 g/mol. The predicted octanol–water partition coefficient (Wildman–Crippen LogP) is 3.52. The molecule has 0 fully saturated rings. The summed E-state index contributed by atoms with van der Waals surface area (Å²) in [6.07, 6.45) is 0. The maximum Gasteiger partial charge on any atom is 0.369 e. The summed E-state index contributed by atoms with van der Waals surface area (Å²) in [4.78, 5) is 29.2. The van der Waals surface area contributed by atoms with Gasteiger partial charge in [0.15, 0.2) is 0 Å². The SMILES string of the molecule is Cc1c2c(=O)n(-c3[nH+]c4ccccc4s3)[nH]c2cc(=O)n1Cc1ccc(Cl)cc1. The Kier molecular flexibility index (Phi) is 4.15. The topological polar surface area (TPSA) is 73.9 Å². The molecule has 0 spiro atoms. The Morgan fingerprint density at radius 2 is 1.86 bits per heavy atom. The molecule has 2 N–H and O–H groups in total. The third-order valence-corrected chi connectivity index (χ3v) is 6.32. The molecule has 6 nitrogen and oxygen atoms in total. The van der Waals surface area contributed by atoms with Crippen LogP contribution in [0.25, 0.3) is 26.3 Å². The number of H-pyrrole nitrogens is 2. The number of rotatable bonds is 3. The molecular formula is C21H16ClN4O2S+. The zero-order chi connectivity index (χ0) is 20.1. The van der Waals surface area contributed by atoms with Crippen LogP contribution in [0.4, 0.5) is 0 Å². The van der Waals surface area contributed by atoms with Crippen molar-refractivity contribution in [2.75, 3.05) is 0 Å². The molecule has 29 heavy (non-hydrogen) atoms. The van der Waals surface area contributed by atoms with Gasteiger partial charge in [-0.2, -0.15) is 0 Å². The third kappa shape index (κ3) is 2.99. The second-order valence-electron chi connectivity index (χ2n) is 6.85. The van der Waals surface area contributed by atoms with Gasteiger partial charge < -0.3 is 4.57 Å². The Morgan fingerprint density at radius 1 is 1.10 bits per heavy atom. The summed E-state index contributed by atoms with van der Waals surface area (Å²) in [5, 5.41) is 4.89. The molecule has 0 bridgehead atoms. The number of fused-ring (bicyclic) bond motifs is 2. The van der Waals surface area contributed by atoms with Crippen LogP contribution in [0.1, 0.15) is 11.3 Å². The van der Waals surface area contributed by atoms with Gasteiger partial charge in [0, 0.05) is 16.8 Å². The van der Waals surface area contributed by atoms with E-state index in [4.69, 9.17) is 11.6 Å². The van der Waals surface area contributed by atoms with Crippen LogP contribution in [-0.4, -0.2) is 14.3 Å². The summed E-state index contributed by atoms with van der Waals surface area (Å²) in [7, 11) is 0. The zero-order valence-corrected chi connectivity index (χ0v) is 17.0. The number of pyridine rings is 1. The number of para-hydroxylation sites is 1. The van der Waals surface area contributed by atoms with E-state index < -0.39 is 0 Å². The fourth-order valence-electron chi connectivity index (χ4n) is 3.53. The highest BCUT2D eigenvalue weighted by atomic mass is 35.5. The van der Waals surface area contributed by atoms with Crippen molar-refractivity contribution in [1.82, 2.24) is 14.3 Å². The lowest BCUT2D eigenvalue weighted by Crippen LogP contribution is -2.24. The largest absolute Gasteiger partial charge is 0.369 e. The van der Waals surface area contributed by atoms with Crippen molar-refractivity contribution in [3.05, 3.63) is 91.6 Å². The van der Waals surface area contributed by atoms with Crippen LogP contribution in [0, 0.1) is 6.92 Å². The van der Waals surface area contributed by atoms with Gasteiger partial charge in [-0.3, -0.25) is 4.79 Å². The number of hydrogen-bond acceptors (Lipinski definition) is 3. The van der Waals surface area contributed by atoms with E-state index in [2.05, 4.69) is 10.1 Å². The van der Waals surface area contributed by atoms with Gasteiger partial charge in [0.2, 0.25) is 0 Å². The van der Waals surface area contributed by atoms with Crippen LogP contribution in [0.15, 0.2) is 64.2 Å². The summed E-state index contributed by atoms with van der Waals surface area (Å²) in [5.74, 6) is 0. The normalized spacial score (nSPS) is 11.5. The van der Waals surface area contributed by atoms with Crippen LogP contribution in [0.3, 0.4) is 0 Å². The van der Waals surface area contributed by atoms with Crippen molar-refractivity contribution in [2.24, 2.45) is 0 Å². The highest BCUT2D eigenvalue weighted by Gasteiger charge is 2.22. The monoisotopic (exact) mass is 423 g/mol. The van der Waals surface area contributed by atoms with Crippen molar-refractivity contribution in [1.29, 1.82) is 0 Å². The molecule has 0 saturated heterocycles. The van der Waals surface area contributed by atoms with Gasteiger partial charge >= 0.3 is 10.7 Å². The molecule has 0 aliphatic heterocycles. The van der Waals surface area contributed by atoms with E-state index in [9.17, 15) is 9.59 Å². The molecule has 0 amide bonds. The van der Waals surface area contributed by atoms with E-state index in [1.807, 2.05) is 36.4 Å². The van der Waals surface area contributed by atoms with Crippen molar-refractivity contribution in [2.45, 2.75) is 13.5 Å². The summed E-state index contributed by atoms with van der Waals surface area (Å²) < 4.78 is 4.13. The fourth-order valence-corrected chi connectivity index (χ4v) is 4.62. The second kappa shape index (κ2) is 6.72. The van der Waals surface area contributed by atoms with Crippen LogP contribution >= 0.6 is 22.9 Å². The highest BCUT2D eigenvalue weighted by Crippen LogP contribution is 2.21. The first-order valence-corrected chi connectivity index (χ1v) is 10.2. The molecule has 0 saturated carbocycles. The van der Waals surface area contributed by atoms with Gasteiger partial charge in [0.25, 0.3) is 5.56 Å². The van der Waals surface area contributed by atoms with Crippen LogP contribution < -0.4 is 16.1 Å². The molecule has 3 heterocycles. The summed E-state index contributed by atoms with van der Waals surface area (Å²) in [6.45, 7) is 2.17. The molecule has 0 aliphatic carbocycles. The van der Waals surface area contributed by atoms with Gasteiger partial charge in [-0.1, -0.05) is 40.5 Å². The minimum absolute atomic E-state index is 0.168. The Bertz CT molecular complexity index is 1460. The molecule has 5 aromatic rings. The van der Waals surface area contributed by atoms with Gasteiger partial charge in [0.1, 0.15) is 10.9 Å². The highest BCUT2D eigenvalue weighted by molar-refractivity contribution is 7.20. The average molecular weight is 424 g/mol. The molecule has 0 atom stereocenters.